The zero-order chi connectivity index (χ0) is 26.9. The van der Waals surface area contributed by atoms with E-state index < -0.39 is 34.8 Å². The highest BCUT2D eigenvalue weighted by Gasteiger charge is 2.45. The summed E-state index contributed by atoms with van der Waals surface area (Å²) >= 11 is 0. The van der Waals surface area contributed by atoms with Gasteiger partial charge in [-0.3, -0.25) is 19.6 Å². The van der Waals surface area contributed by atoms with E-state index >= 15 is 0 Å². The first-order chi connectivity index (χ1) is 18.2. The van der Waals surface area contributed by atoms with Gasteiger partial charge >= 0.3 is 6.18 Å². The number of carbonyl (C=O) groups excluding carboxylic acids is 2. The third kappa shape index (κ3) is 4.73. The molecule has 1 saturated heterocycles. The van der Waals surface area contributed by atoms with E-state index in [-0.39, 0.29) is 18.4 Å². The van der Waals surface area contributed by atoms with Crippen molar-refractivity contribution in [3.05, 3.63) is 102 Å². The number of nitrogens with zero attached hydrogens (tertiary/aromatic N) is 3. The normalized spacial score (nSPS) is 24.6. The number of alkyl halides is 3. The molecule has 38 heavy (non-hydrogen) atoms. The molecule has 1 aromatic carbocycles. The lowest BCUT2D eigenvalue weighted by Gasteiger charge is -2.43. The molecule has 3 aliphatic rings. The molecule has 1 aromatic heterocycles. The third-order valence-corrected chi connectivity index (χ3v) is 7.17. The Kier molecular flexibility index (Phi) is 6.64. The number of fused-ring (bicyclic) bond motifs is 1. The van der Waals surface area contributed by atoms with E-state index in [1.165, 1.54) is 6.20 Å². The molecular formula is C28H26F3N5O2. The smallest absolute Gasteiger partial charge is 0.359 e. The maximum Gasteiger partial charge on any atom is 0.418 e. The predicted molar refractivity (Wildman–Crippen MR) is 136 cm³/mol. The lowest BCUT2D eigenvalue weighted by Crippen LogP contribution is -2.56. The molecule has 10 heteroatoms. The zero-order valence-electron chi connectivity index (χ0n) is 20.6. The number of aliphatic imine (C=N–C) groups is 1. The Labute approximate surface area is 217 Å². The molecule has 2 N–H and O–H groups in total. The van der Waals surface area contributed by atoms with Crippen molar-refractivity contribution >= 4 is 17.5 Å². The number of allylic oxidation sites excluding steroid dienone is 3. The Balaban J connectivity index is 1.41. The van der Waals surface area contributed by atoms with Gasteiger partial charge in [-0.15, -0.1) is 0 Å². The van der Waals surface area contributed by atoms with Gasteiger partial charge in [0.05, 0.1) is 17.0 Å². The summed E-state index contributed by atoms with van der Waals surface area (Å²) in [6.07, 6.45) is 5.63. The molecule has 0 saturated carbocycles. The van der Waals surface area contributed by atoms with Crippen LogP contribution < -0.4 is 10.6 Å². The van der Waals surface area contributed by atoms with Gasteiger partial charge in [0, 0.05) is 43.6 Å². The van der Waals surface area contributed by atoms with Crippen LogP contribution in [0.15, 0.2) is 90.0 Å². The molecule has 196 valence electrons. The van der Waals surface area contributed by atoms with Crippen molar-refractivity contribution in [2.24, 2.45) is 10.4 Å². The van der Waals surface area contributed by atoms with Crippen molar-refractivity contribution in [1.82, 2.24) is 20.5 Å². The van der Waals surface area contributed by atoms with Crippen LogP contribution in [0.5, 0.6) is 0 Å². The molecular weight excluding hydrogens is 495 g/mol. The maximum absolute atomic E-state index is 13.9. The number of pyridine rings is 1. The number of aromatic nitrogens is 1. The number of carbonyl (C=O) groups is 2. The summed E-state index contributed by atoms with van der Waals surface area (Å²) < 4.78 is 40.5. The van der Waals surface area contributed by atoms with Gasteiger partial charge in [0.25, 0.3) is 5.91 Å². The Morgan fingerprint density at radius 3 is 2.71 bits per heavy atom. The largest absolute Gasteiger partial charge is 0.418 e. The summed E-state index contributed by atoms with van der Waals surface area (Å²) in [5.41, 5.74) is -0.498. The Morgan fingerprint density at radius 1 is 1.16 bits per heavy atom. The maximum atomic E-state index is 13.9. The number of hydrogen-bond acceptors (Lipinski definition) is 5. The molecule has 0 bridgehead atoms. The van der Waals surface area contributed by atoms with E-state index in [9.17, 15) is 22.8 Å². The predicted octanol–water partition coefficient (Wildman–Crippen LogP) is 4.19. The molecule has 2 aromatic rings. The van der Waals surface area contributed by atoms with Gasteiger partial charge < -0.3 is 15.5 Å². The first-order valence-electron chi connectivity index (χ1n) is 12.3. The lowest BCUT2D eigenvalue weighted by atomic mass is 9.77. The van der Waals surface area contributed by atoms with Crippen LogP contribution >= 0.6 is 0 Å². The first kappa shape index (κ1) is 25.4. The van der Waals surface area contributed by atoms with Gasteiger partial charge in [-0.05, 0) is 37.1 Å². The van der Waals surface area contributed by atoms with Crippen LogP contribution in [0.3, 0.4) is 0 Å². The zero-order valence-corrected chi connectivity index (χ0v) is 20.6. The van der Waals surface area contributed by atoms with Crippen LogP contribution in [-0.4, -0.2) is 46.5 Å². The third-order valence-electron chi connectivity index (χ3n) is 7.17. The molecule has 7 nitrogen and oxygen atoms in total. The van der Waals surface area contributed by atoms with E-state index in [0.29, 0.717) is 18.7 Å². The van der Waals surface area contributed by atoms with Gasteiger partial charge in [0.2, 0.25) is 5.91 Å². The van der Waals surface area contributed by atoms with Crippen molar-refractivity contribution < 1.29 is 22.8 Å². The summed E-state index contributed by atoms with van der Waals surface area (Å²) in [4.78, 5) is 36.9. The lowest BCUT2D eigenvalue weighted by molar-refractivity contribution is -0.138. The van der Waals surface area contributed by atoms with Crippen molar-refractivity contribution in [2.75, 3.05) is 13.1 Å². The van der Waals surface area contributed by atoms with Crippen molar-refractivity contribution in [3.63, 3.8) is 0 Å². The van der Waals surface area contributed by atoms with Crippen LogP contribution in [0, 0.1) is 5.41 Å². The van der Waals surface area contributed by atoms with E-state index in [0.717, 1.165) is 23.4 Å². The molecule has 1 aliphatic carbocycles. The van der Waals surface area contributed by atoms with Crippen LogP contribution in [0.2, 0.25) is 0 Å². The number of hydrogen-bond donors (Lipinski definition) is 2. The number of halogens is 3. The fourth-order valence-electron chi connectivity index (χ4n) is 5.23. The highest BCUT2D eigenvalue weighted by molar-refractivity contribution is 6.19. The number of nitrogens with one attached hydrogen (secondary N) is 2. The van der Waals surface area contributed by atoms with Crippen LogP contribution in [-0.2, 0) is 11.0 Å². The fourth-order valence-corrected chi connectivity index (χ4v) is 5.23. The highest BCUT2D eigenvalue weighted by atomic mass is 19.4. The quantitative estimate of drug-likeness (QED) is 0.632. The van der Waals surface area contributed by atoms with Crippen LogP contribution in [0.25, 0.3) is 0 Å². The second-order valence-corrected chi connectivity index (χ2v) is 9.61. The van der Waals surface area contributed by atoms with E-state index in [2.05, 4.69) is 20.6 Å². The SMILES string of the molecule is CC1(C(=O)N2CC[C@@H](NC(=O)c3ncccc3C(F)(F)F)[C@@H](c3ccccc3)C2)C=CC=C2NC=CN=C21. The number of piperidine rings is 1. The number of amides is 2. The molecule has 0 spiro atoms. The van der Waals surface area contributed by atoms with E-state index in [1.54, 1.807) is 17.3 Å². The van der Waals surface area contributed by atoms with Crippen molar-refractivity contribution in [2.45, 2.75) is 31.5 Å². The molecule has 3 heterocycles. The topological polar surface area (TPSA) is 86.7 Å². The van der Waals surface area contributed by atoms with Crippen LogP contribution in [0.1, 0.15) is 40.9 Å². The molecule has 1 unspecified atom stereocenters. The molecule has 1 fully saturated rings. The highest BCUT2D eigenvalue weighted by Crippen LogP contribution is 2.36. The van der Waals surface area contributed by atoms with E-state index in [1.807, 2.05) is 55.5 Å². The molecule has 2 aliphatic heterocycles. The summed E-state index contributed by atoms with van der Waals surface area (Å²) in [5, 5.41) is 5.91. The number of rotatable bonds is 4. The Bertz CT molecular complexity index is 1370. The average Bonchev–Trinajstić information content (AvgIpc) is 2.93. The Hall–Kier alpha value is -4.21. The van der Waals surface area contributed by atoms with Gasteiger partial charge in [0.1, 0.15) is 11.1 Å². The van der Waals surface area contributed by atoms with Crippen molar-refractivity contribution in [3.8, 4) is 0 Å². The van der Waals surface area contributed by atoms with Gasteiger partial charge in [-0.25, -0.2) is 0 Å². The molecule has 2 amide bonds. The minimum atomic E-state index is -4.71. The second-order valence-electron chi connectivity index (χ2n) is 9.61. The number of likely N-dealkylation sites (tertiary alicyclic amines) is 1. The molecule has 0 radical (unpaired) electrons. The van der Waals surface area contributed by atoms with Crippen LogP contribution in [0.4, 0.5) is 13.2 Å². The first-order valence-corrected chi connectivity index (χ1v) is 12.3. The summed E-state index contributed by atoms with van der Waals surface area (Å²) in [7, 11) is 0. The molecule has 3 atom stereocenters. The summed E-state index contributed by atoms with van der Waals surface area (Å²) in [5.74, 6) is -1.37. The summed E-state index contributed by atoms with van der Waals surface area (Å²) in [6, 6.07) is 10.8. The minimum Gasteiger partial charge on any atom is -0.359 e. The van der Waals surface area contributed by atoms with Gasteiger partial charge in [0.15, 0.2) is 0 Å². The Morgan fingerprint density at radius 2 is 1.95 bits per heavy atom. The monoisotopic (exact) mass is 521 g/mol. The van der Waals surface area contributed by atoms with Crippen molar-refractivity contribution in [1.29, 1.82) is 0 Å². The number of benzene rings is 1. The standard InChI is InChI=1S/C28H26F3N5O2/c1-27(12-5-10-22-24(27)34-15-14-32-22)26(38)36-16-11-21(19(17-36)18-7-3-2-4-8-18)35-25(37)23-20(28(29,30)31)9-6-13-33-23/h2-10,12-15,19,21,32H,11,16-17H2,1H3,(H,35,37)/t19-,21-,27?/m1/s1. The average molecular weight is 522 g/mol. The minimum absolute atomic E-state index is 0.134. The second kappa shape index (κ2) is 9.92. The van der Waals surface area contributed by atoms with Gasteiger partial charge in [-0.1, -0.05) is 42.5 Å². The summed E-state index contributed by atoms with van der Waals surface area (Å²) in [6.45, 7) is 2.42. The fraction of sp³-hybridized carbons (Fsp3) is 0.286. The van der Waals surface area contributed by atoms with E-state index in [4.69, 9.17) is 0 Å². The van der Waals surface area contributed by atoms with Gasteiger partial charge in [-0.2, -0.15) is 13.2 Å². The molecule has 5 rings (SSSR count).